The van der Waals surface area contributed by atoms with Crippen LogP contribution in [0.4, 0.5) is 8.78 Å². The first-order valence-corrected chi connectivity index (χ1v) is 43.2. The normalized spacial score (nSPS) is 15.1. The second-order valence-electron chi connectivity index (χ2n) is 24.7. The number of rotatable bonds is 7. The summed E-state index contributed by atoms with van der Waals surface area (Å²) < 4.78 is 79.1. The number of sulfone groups is 1. The highest BCUT2D eigenvalue weighted by Crippen LogP contribution is 2.50. The Morgan fingerprint density at radius 1 is 0.390 bits per heavy atom. The van der Waals surface area contributed by atoms with Crippen LogP contribution in [0.5, 0.6) is 17.2 Å². The SMILES string of the molecule is C=C(C)C(=O)Oc1ccc([S+]2CCCC2)c2ccccc12.Fc1ccc(-[s+]2c3ccccc3c3ccccc32)cc1.Fc1ccc([S+]2c3ccccc3Oc3ccccc32)cc1.O=S1(=O)c2ccccc2[S+](c2ccccc2)c2ccccc21.O=S1c2ccccc2[S+](c2ccccc2)c2ccccc21. The van der Waals surface area contributed by atoms with E-state index in [1.807, 2.05) is 164 Å². The average molecular weight is 1510 g/mol. The molecule has 0 N–H and O–H groups in total. The summed E-state index contributed by atoms with van der Waals surface area (Å²) in [6.45, 7) is 5.30. The molecule has 14 aromatic carbocycles. The lowest BCUT2D eigenvalue weighted by Gasteiger charge is -2.19. The third kappa shape index (κ3) is 14.6. The predicted molar refractivity (Wildman–Crippen MR) is 429 cm³/mol. The van der Waals surface area contributed by atoms with Crippen LogP contribution < -0.4 is 9.47 Å². The lowest BCUT2D eigenvalue weighted by Crippen LogP contribution is -2.20. The van der Waals surface area contributed by atoms with Crippen molar-refractivity contribution in [2.45, 2.75) is 88.3 Å². The number of hydrogen-bond acceptors (Lipinski definition) is 6. The number of ether oxygens (including phenoxy) is 2. The van der Waals surface area contributed by atoms with E-state index >= 15 is 0 Å². The molecule has 0 radical (unpaired) electrons. The molecule has 4 aliphatic heterocycles. The maximum atomic E-state index is 13.2. The molecule has 0 aliphatic carbocycles. The van der Waals surface area contributed by atoms with Gasteiger partial charge >= 0.3 is 5.97 Å². The highest BCUT2D eigenvalue weighted by Gasteiger charge is 2.46. The Balaban J connectivity index is 0.000000105. The number of para-hydroxylation sites is 2. The standard InChI is InChI=1S/C18H12FOS.C18H12FS.C18H13O2S2.C18H19O2S.C18H13OS2/c19-13-9-11-14(12-10-13)21-17-7-3-1-5-15(17)20-16-6-2-4-8-18(16)21;19-13-9-11-14(12-10-13)20-17-7-3-1-5-15(17)16-6-2-4-8-18(16)20;19-22(20)17-12-6-4-10-15(17)21(14-8-2-1-3-9-14)16-11-5-7-13-18(16)22;1-13(2)18(19)20-16-9-10-17(21-11-5-6-12-21)15-8-4-3-7-14(15)16;19-21-17-12-6-4-10-15(17)20(14-8-2-1-3-9-14)16-11-5-7-13-18(16)21/h1-12H;1-12H;1-13H;3-4,7-10H,1,5-6,11-12H2,2H3;1-13H/q5*+1. The van der Waals surface area contributed by atoms with Crippen LogP contribution in [0.1, 0.15) is 19.8 Å². The van der Waals surface area contributed by atoms with Gasteiger partial charge in [-0.2, -0.15) is 0 Å². The van der Waals surface area contributed by atoms with Gasteiger partial charge in [0, 0.05) is 60.6 Å². The predicted octanol–water partition coefficient (Wildman–Crippen LogP) is 23.2. The van der Waals surface area contributed by atoms with Crippen LogP contribution in [0, 0.1) is 11.6 Å². The molecule has 15 heteroatoms. The second kappa shape index (κ2) is 31.7. The van der Waals surface area contributed by atoms with Crippen molar-refractivity contribution < 1.29 is 35.7 Å². The van der Waals surface area contributed by atoms with E-state index in [9.17, 15) is 26.2 Å². The molecule has 0 spiro atoms. The van der Waals surface area contributed by atoms with Gasteiger partial charge in [-0.15, -0.1) is 0 Å². The van der Waals surface area contributed by atoms with Crippen LogP contribution in [0.2, 0.25) is 0 Å². The van der Waals surface area contributed by atoms with Crippen LogP contribution in [0.3, 0.4) is 0 Å². The van der Waals surface area contributed by atoms with E-state index in [0.717, 1.165) is 56.0 Å². The molecule has 15 aromatic rings. The van der Waals surface area contributed by atoms with Crippen molar-refractivity contribution in [1.82, 2.24) is 0 Å². The van der Waals surface area contributed by atoms with Crippen molar-refractivity contribution in [2.75, 3.05) is 11.5 Å². The molecule has 1 saturated heterocycles. The molecule has 0 saturated carbocycles. The van der Waals surface area contributed by atoms with E-state index in [4.69, 9.17) is 9.47 Å². The lowest BCUT2D eigenvalue weighted by molar-refractivity contribution is -0.130. The van der Waals surface area contributed by atoms with Gasteiger partial charge in [0.15, 0.2) is 65.0 Å². The molecule has 4 aliphatic rings. The highest BCUT2D eigenvalue weighted by atomic mass is 32.2. The summed E-state index contributed by atoms with van der Waals surface area (Å²) in [5.41, 5.74) is 0.417. The fourth-order valence-electron chi connectivity index (χ4n) is 13.1. The summed E-state index contributed by atoms with van der Waals surface area (Å²) in [5, 5.41) is 4.84. The third-order valence-electron chi connectivity index (χ3n) is 17.9. The van der Waals surface area contributed by atoms with Gasteiger partial charge in [-0.3, -0.25) is 0 Å². The molecular formula is C90H69F2O6S7+5. The molecular weight excluding hydrogens is 1440 g/mol. The number of fused-ring (bicyclic) bond motifs is 10. The number of carbonyl (C=O) groups excluding carboxylic acids is 1. The third-order valence-corrected chi connectivity index (χ3v) is 33.7. The Morgan fingerprint density at radius 2 is 0.762 bits per heavy atom. The Labute approximate surface area is 627 Å². The second-order valence-corrected chi connectivity index (χ2v) is 38.1. The van der Waals surface area contributed by atoms with Gasteiger partial charge < -0.3 is 9.47 Å². The van der Waals surface area contributed by atoms with Crippen molar-refractivity contribution in [2.24, 2.45) is 0 Å². The van der Waals surface area contributed by atoms with Gasteiger partial charge in [-0.1, -0.05) is 158 Å². The largest absolute Gasteiger partial charge is 0.447 e. The quantitative estimate of drug-likeness (QED) is 0.0684. The highest BCUT2D eigenvalue weighted by molar-refractivity contribution is 8.01. The fraction of sp³-hybridized carbons (Fsp3) is 0.0556. The Bertz CT molecular complexity index is 5650. The van der Waals surface area contributed by atoms with Crippen molar-refractivity contribution in [3.05, 3.63) is 364 Å². The van der Waals surface area contributed by atoms with Crippen LogP contribution in [-0.2, 0) is 69.0 Å². The van der Waals surface area contributed by atoms with E-state index in [2.05, 4.69) is 134 Å². The number of thiophene rings is 1. The van der Waals surface area contributed by atoms with Crippen LogP contribution in [0.15, 0.2) is 420 Å². The summed E-state index contributed by atoms with van der Waals surface area (Å²) in [4.78, 5) is 27.0. The number of hydrogen-bond donors (Lipinski definition) is 0. The summed E-state index contributed by atoms with van der Waals surface area (Å²) in [7, 11) is -5.09. The Hall–Kier alpha value is -10.1. The zero-order chi connectivity index (χ0) is 72.0. The zero-order valence-corrected chi connectivity index (χ0v) is 62.6. The van der Waals surface area contributed by atoms with E-state index in [1.165, 1.54) is 86.5 Å². The van der Waals surface area contributed by atoms with Gasteiger partial charge in [-0.25, -0.2) is 26.2 Å². The molecule has 5 heterocycles. The van der Waals surface area contributed by atoms with Crippen molar-refractivity contribution in [3.8, 4) is 22.1 Å². The summed E-state index contributed by atoms with van der Waals surface area (Å²) in [6, 6.07) is 110. The van der Waals surface area contributed by atoms with Crippen LogP contribution >= 0.6 is 10.5 Å². The van der Waals surface area contributed by atoms with E-state index in [-0.39, 0.29) is 60.8 Å². The molecule has 0 atom stereocenters. The molecule has 0 bridgehead atoms. The smallest absolute Gasteiger partial charge is 0.338 e. The molecule has 1 aromatic heterocycles. The van der Waals surface area contributed by atoms with Gasteiger partial charge in [0.1, 0.15) is 71.4 Å². The van der Waals surface area contributed by atoms with Gasteiger partial charge in [-0.05, 0) is 196 Å². The van der Waals surface area contributed by atoms with Gasteiger partial charge in [0.25, 0.3) is 0 Å². The van der Waals surface area contributed by atoms with Crippen molar-refractivity contribution in [1.29, 1.82) is 0 Å². The number of halogens is 2. The molecule has 516 valence electrons. The average Bonchev–Trinajstić information content (AvgIpc) is 1.73. The van der Waals surface area contributed by atoms with E-state index in [1.54, 1.807) is 43.3 Å². The first kappa shape index (κ1) is 70.6. The summed E-state index contributed by atoms with van der Waals surface area (Å²) in [5.74, 6) is 4.20. The zero-order valence-electron chi connectivity index (χ0n) is 56.9. The first-order chi connectivity index (χ1) is 51.4. The minimum absolute atomic E-state index is 0.115. The van der Waals surface area contributed by atoms with E-state index < -0.39 is 20.6 Å². The number of benzene rings is 14. The minimum Gasteiger partial charge on any atom is -0.447 e. The molecule has 0 amide bonds. The van der Waals surface area contributed by atoms with E-state index in [0.29, 0.717) is 32.0 Å². The van der Waals surface area contributed by atoms with Gasteiger partial charge in [0.05, 0.1) is 20.6 Å². The maximum absolute atomic E-state index is 13.2. The minimum atomic E-state index is -3.44. The summed E-state index contributed by atoms with van der Waals surface area (Å²) in [6.07, 6.45) is 2.65. The molecule has 6 nitrogen and oxygen atoms in total. The van der Waals surface area contributed by atoms with Crippen LogP contribution in [-0.4, -0.2) is 30.1 Å². The van der Waals surface area contributed by atoms with Crippen molar-refractivity contribution in [3.63, 3.8) is 0 Å². The summed E-state index contributed by atoms with van der Waals surface area (Å²) >= 11 is 0. The number of esters is 1. The topological polar surface area (TPSA) is 86.7 Å². The molecule has 0 unspecified atom stereocenters. The van der Waals surface area contributed by atoms with Crippen molar-refractivity contribution >= 4 is 112 Å². The monoisotopic (exact) mass is 1510 g/mol. The van der Waals surface area contributed by atoms with Gasteiger partial charge in [0.2, 0.25) is 19.6 Å². The van der Waals surface area contributed by atoms with Crippen LogP contribution in [0.25, 0.3) is 35.8 Å². The fourth-order valence-corrected chi connectivity index (χ4v) is 29.1. The first-order valence-electron chi connectivity index (χ1n) is 34.1. The molecule has 1 fully saturated rings. The maximum Gasteiger partial charge on any atom is 0.338 e. The lowest BCUT2D eigenvalue weighted by atomic mass is 10.1. The Kier molecular flexibility index (Phi) is 21.3. The number of carbonyl (C=O) groups is 1. The Morgan fingerprint density at radius 3 is 1.26 bits per heavy atom. The molecule has 19 rings (SSSR count). The molecule has 105 heavy (non-hydrogen) atoms.